The Morgan fingerprint density at radius 1 is 1.09 bits per heavy atom. The summed E-state index contributed by atoms with van der Waals surface area (Å²) < 4.78 is 0. The maximum atomic E-state index is 12.2. The summed E-state index contributed by atoms with van der Waals surface area (Å²) in [5, 5.41) is 10.8. The Kier molecular flexibility index (Phi) is 3.49. The lowest BCUT2D eigenvalue weighted by molar-refractivity contribution is -0.127. The fourth-order valence-electron chi connectivity index (χ4n) is 7.49. The maximum absolute atomic E-state index is 12.2. The predicted octanol–water partition coefficient (Wildman–Crippen LogP) is 5.43. The van der Waals surface area contributed by atoms with Gasteiger partial charge in [0.05, 0.1) is 5.76 Å². The zero-order valence-electron chi connectivity index (χ0n) is 15.0. The molecule has 4 aliphatic carbocycles. The third-order valence-electron chi connectivity index (χ3n) is 8.59. The molecule has 23 heavy (non-hydrogen) atoms. The van der Waals surface area contributed by atoms with Crippen LogP contribution in [0.5, 0.6) is 0 Å². The van der Waals surface area contributed by atoms with Crippen molar-refractivity contribution in [1.29, 1.82) is 0 Å². The first-order chi connectivity index (χ1) is 10.9. The molecule has 0 aromatic rings. The number of carbonyl (C=O) groups excluding carboxylic acids is 1. The topological polar surface area (TPSA) is 37.3 Å². The highest BCUT2D eigenvalue weighted by atomic mass is 16.3. The van der Waals surface area contributed by atoms with Crippen LogP contribution in [0.25, 0.3) is 0 Å². The average Bonchev–Trinajstić information content (AvgIpc) is 2.85. The van der Waals surface area contributed by atoms with E-state index in [-0.39, 0.29) is 16.7 Å². The predicted molar refractivity (Wildman–Crippen MR) is 92.1 cm³/mol. The Morgan fingerprint density at radius 2 is 1.87 bits per heavy atom. The number of aliphatic hydroxyl groups excluding tert-OH is 1. The minimum atomic E-state index is 0.190. The quantitative estimate of drug-likeness (QED) is 0.700. The molecule has 0 aromatic heterocycles. The summed E-state index contributed by atoms with van der Waals surface area (Å²) in [5.41, 5.74) is 1.83. The first-order valence-corrected chi connectivity index (χ1v) is 9.80. The van der Waals surface area contributed by atoms with Gasteiger partial charge in [-0.1, -0.05) is 20.3 Å². The van der Waals surface area contributed by atoms with E-state index >= 15 is 0 Å². The Labute approximate surface area is 140 Å². The summed E-state index contributed by atoms with van der Waals surface area (Å²) >= 11 is 0. The SMILES string of the molecule is CC(=O)[C@H]1CC[C@H]2[C@@H]3CC(O)=C4CCCC[C@]4(C)[C@H]3CC[C@]12C. The van der Waals surface area contributed by atoms with Crippen LogP contribution in [0.15, 0.2) is 11.3 Å². The minimum Gasteiger partial charge on any atom is -0.512 e. The molecule has 0 aliphatic heterocycles. The third-order valence-corrected chi connectivity index (χ3v) is 8.59. The standard InChI is InChI=1S/C21H32O2/c1-13(22)15-7-8-16-14-12-19(23)18-6-4-5-10-20(18,2)17(14)9-11-21(15,16)3/h14-17,23H,4-12H2,1-3H3/t14-,15+,16-,17-,20+,21+/m0/s1. The Balaban J connectivity index is 1.72. The number of allylic oxidation sites excluding steroid dienone is 2. The first kappa shape index (κ1) is 15.7. The molecular weight excluding hydrogens is 284 g/mol. The minimum absolute atomic E-state index is 0.190. The van der Waals surface area contributed by atoms with E-state index in [0.29, 0.717) is 17.6 Å². The van der Waals surface area contributed by atoms with Crippen LogP contribution >= 0.6 is 0 Å². The molecule has 0 spiro atoms. The normalized spacial score (nSPS) is 49.3. The van der Waals surface area contributed by atoms with Gasteiger partial charge in [0, 0.05) is 12.3 Å². The molecule has 0 aromatic carbocycles. The molecular formula is C21H32O2. The Morgan fingerprint density at radius 3 is 2.61 bits per heavy atom. The van der Waals surface area contributed by atoms with Gasteiger partial charge in [0.25, 0.3) is 0 Å². The number of Topliss-reactive ketones (excluding diaryl/α,β-unsaturated/α-hetero) is 1. The van der Waals surface area contributed by atoms with Gasteiger partial charge in [0.2, 0.25) is 0 Å². The summed E-state index contributed by atoms with van der Waals surface area (Å²) in [7, 11) is 0. The van der Waals surface area contributed by atoms with Crippen LogP contribution in [-0.4, -0.2) is 10.9 Å². The molecule has 3 saturated carbocycles. The van der Waals surface area contributed by atoms with Crippen molar-refractivity contribution in [3.05, 3.63) is 11.3 Å². The lowest BCUT2D eigenvalue weighted by Crippen LogP contribution is -2.50. The first-order valence-electron chi connectivity index (χ1n) is 9.80. The van der Waals surface area contributed by atoms with Crippen molar-refractivity contribution in [2.24, 2.45) is 34.5 Å². The van der Waals surface area contributed by atoms with Crippen molar-refractivity contribution >= 4 is 5.78 Å². The van der Waals surface area contributed by atoms with E-state index in [1.807, 2.05) is 0 Å². The van der Waals surface area contributed by atoms with Crippen LogP contribution in [0.1, 0.15) is 78.6 Å². The number of hydrogen-bond acceptors (Lipinski definition) is 2. The van der Waals surface area contributed by atoms with Crippen LogP contribution in [0.4, 0.5) is 0 Å². The van der Waals surface area contributed by atoms with Gasteiger partial charge in [0.15, 0.2) is 0 Å². The highest BCUT2D eigenvalue weighted by molar-refractivity contribution is 5.79. The summed E-state index contributed by atoms with van der Waals surface area (Å²) in [6, 6.07) is 0. The average molecular weight is 316 g/mol. The van der Waals surface area contributed by atoms with Gasteiger partial charge in [-0.2, -0.15) is 0 Å². The Hall–Kier alpha value is -0.790. The van der Waals surface area contributed by atoms with Crippen LogP contribution in [0, 0.1) is 34.5 Å². The molecule has 0 radical (unpaired) electrons. The molecule has 1 N–H and O–H groups in total. The highest BCUT2D eigenvalue weighted by Crippen LogP contribution is 2.67. The van der Waals surface area contributed by atoms with E-state index in [1.165, 1.54) is 44.1 Å². The van der Waals surface area contributed by atoms with Gasteiger partial charge in [-0.05, 0) is 86.0 Å². The van der Waals surface area contributed by atoms with Crippen molar-refractivity contribution in [2.45, 2.75) is 78.6 Å². The fourth-order valence-corrected chi connectivity index (χ4v) is 7.49. The third kappa shape index (κ3) is 2.02. The molecule has 0 saturated heterocycles. The lowest BCUT2D eigenvalue weighted by Gasteiger charge is -2.57. The van der Waals surface area contributed by atoms with Crippen molar-refractivity contribution < 1.29 is 9.90 Å². The van der Waals surface area contributed by atoms with Crippen molar-refractivity contribution in [3.8, 4) is 0 Å². The number of ketones is 1. The number of carbonyl (C=O) groups is 1. The van der Waals surface area contributed by atoms with E-state index < -0.39 is 0 Å². The largest absolute Gasteiger partial charge is 0.512 e. The molecule has 128 valence electrons. The molecule has 4 aliphatic rings. The lowest BCUT2D eigenvalue weighted by atomic mass is 9.47. The molecule has 2 heteroatoms. The van der Waals surface area contributed by atoms with E-state index in [0.717, 1.165) is 30.9 Å². The Bertz CT molecular complexity index is 562. The number of aliphatic hydroxyl groups is 1. The van der Waals surface area contributed by atoms with Crippen LogP contribution in [0.3, 0.4) is 0 Å². The summed E-state index contributed by atoms with van der Waals surface area (Å²) in [6.45, 7) is 6.62. The van der Waals surface area contributed by atoms with Crippen molar-refractivity contribution in [2.75, 3.05) is 0 Å². The molecule has 0 amide bonds. The van der Waals surface area contributed by atoms with E-state index in [1.54, 1.807) is 6.92 Å². The second kappa shape index (κ2) is 5.10. The maximum Gasteiger partial charge on any atom is 0.133 e. The van der Waals surface area contributed by atoms with E-state index in [9.17, 15) is 9.90 Å². The van der Waals surface area contributed by atoms with Gasteiger partial charge in [-0.15, -0.1) is 0 Å². The van der Waals surface area contributed by atoms with Gasteiger partial charge in [-0.3, -0.25) is 4.79 Å². The molecule has 0 bridgehead atoms. The second-order valence-electron chi connectivity index (χ2n) is 9.42. The summed E-state index contributed by atoms with van der Waals surface area (Å²) in [5.74, 6) is 3.36. The summed E-state index contributed by atoms with van der Waals surface area (Å²) in [4.78, 5) is 12.2. The molecule has 6 atom stereocenters. The van der Waals surface area contributed by atoms with Gasteiger partial charge in [0.1, 0.15) is 5.78 Å². The number of hydrogen-bond donors (Lipinski definition) is 1. The zero-order chi connectivity index (χ0) is 16.4. The van der Waals surface area contributed by atoms with E-state index in [2.05, 4.69) is 13.8 Å². The number of rotatable bonds is 1. The van der Waals surface area contributed by atoms with Crippen molar-refractivity contribution in [1.82, 2.24) is 0 Å². The van der Waals surface area contributed by atoms with Crippen LogP contribution in [0.2, 0.25) is 0 Å². The molecule has 4 rings (SSSR count). The van der Waals surface area contributed by atoms with Gasteiger partial charge in [-0.25, -0.2) is 0 Å². The van der Waals surface area contributed by atoms with Gasteiger partial charge >= 0.3 is 0 Å². The molecule has 2 nitrogen and oxygen atoms in total. The molecule has 3 fully saturated rings. The monoisotopic (exact) mass is 316 g/mol. The smallest absolute Gasteiger partial charge is 0.133 e. The van der Waals surface area contributed by atoms with Crippen LogP contribution in [-0.2, 0) is 4.79 Å². The molecule has 0 heterocycles. The summed E-state index contributed by atoms with van der Waals surface area (Å²) in [6.07, 6.45) is 10.6. The number of fused-ring (bicyclic) bond motifs is 5. The fraction of sp³-hybridized carbons (Fsp3) is 0.857. The van der Waals surface area contributed by atoms with E-state index in [4.69, 9.17) is 0 Å². The van der Waals surface area contributed by atoms with Crippen molar-refractivity contribution in [3.63, 3.8) is 0 Å². The zero-order valence-corrected chi connectivity index (χ0v) is 15.0. The van der Waals surface area contributed by atoms with Gasteiger partial charge < -0.3 is 5.11 Å². The second-order valence-corrected chi connectivity index (χ2v) is 9.42. The molecule has 0 unspecified atom stereocenters. The highest BCUT2D eigenvalue weighted by Gasteiger charge is 2.60. The van der Waals surface area contributed by atoms with Crippen LogP contribution < -0.4 is 0 Å².